The molecular formula is C19H20ClNO4. The zero-order chi connectivity index (χ0) is 18.2. The van der Waals surface area contributed by atoms with Crippen LogP contribution in [0.1, 0.15) is 18.1 Å². The van der Waals surface area contributed by atoms with Gasteiger partial charge >= 0.3 is 5.97 Å². The Hall–Kier alpha value is -2.53. The summed E-state index contributed by atoms with van der Waals surface area (Å²) in [6.07, 6.45) is -0.748. The van der Waals surface area contributed by atoms with Crippen molar-refractivity contribution in [2.45, 2.75) is 26.6 Å². The van der Waals surface area contributed by atoms with E-state index in [1.807, 2.05) is 37.3 Å². The van der Waals surface area contributed by atoms with E-state index in [-0.39, 0.29) is 13.2 Å². The first-order chi connectivity index (χ1) is 12.0. The Bertz CT molecular complexity index is 733. The second-order valence-corrected chi connectivity index (χ2v) is 5.97. The predicted octanol–water partition coefficient (Wildman–Crippen LogP) is 3.28. The third-order valence-electron chi connectivity index (χ3n) is 3.46. The highest BCUT2D eigenvalue weighted by atomic mass is 35.5. The molecule has 0 aliphatic rings. The first kappa shape index (κ1) is 18.8. The van der Waals surface area contributed by atoms with Gasteiger partial charge in [0.1, 0.15) is 18.9 Å². The number of hydrogen-bond donors (Lipinski definition) is 1. The molecule has 5 nitrogen and oxygen atoms in total. The third-order valence-corrected chi connectivity index (χ3v) is 3.69. The van der Waals surface area contributed by atoms with E-state index < -0.39 is 18.0 Å². The lowest BCUT2D eigenvalue weighted by Gasteiger charge is -2.16. The van der Waals surface area contributed by atoms with E-state index in [1.165, 1.54) is 0 Å². The summed E-state index contributed by atoms with van der Waals surface area (Å²) in [7, 11) is 0. The summed E-state index contributed by atoms with van der Waals surface area (Å²) in [5, 5.41) is 3.11. The quantitative estimate of drug-likeness (QED) is 0.769. The highest BCUT2D eigenvalue weighted by Crippen LogP contribution is 2.22. The van der Waals surface area contributed by atoms with E-state index in [4.69, 9.17) is 21.1 Å². The molecule has 0 saturated heterocycles. The lowest BCUT2D eigenvalue weighted by molar-refractivity contribution is -0.145. The molecule has 0 aliphatic heterocycles. The molecule has 0 radical (unpaired) electrons. The fraction of sp³-hybridized carbons (Fsp3) is 0.263. The van der Waals surface area contributed by atoms with Crippen LogP contribution in [0.25, 0.3) is 0 Å². The summed E-state index contributed by atoms with van der Waals surface area (Å²) >= 11 is 5.89. The Balaban J connectivity index is 1.76. The number of amides is 1. The molecule has 0 aliphatic carbocycles. The number of aryl methyl sites for hydroxylation is 1. The molecule has 2 aromatic rings. The zero-order valence-electron chi connectivity index (χ0n) is 14.1. The maximum absolute atomic E-state index is 12.0. The van der Waals surface area contributed by atoms with E-state index in [2.05, 4.69) is 5.32 Å². The molecule has 132 valence electrons. The van der Waals surface area contributed by atoms with E-state index >= 15 is 0 Å². The Labute approximate surface area is 151 Å². The SMILES string of the molecule is Cc1cc(Cl)ccc1OC(C)C(=O)NCC(=O)OCc1ccccc1. The minimum absolute atomic E-state index is 0.172. The molecule has 2 aromatic carbocycles. The first-order valence-corrected chi connectivity index (χ1v) is 8.23. The third kappa shape index (κ3) is 6.12. The van der Waals surface area contributed by atoms with Crippen molar-refractivity contribution in [3.05, 3.63) is 64.7 Å². The number of ether oxygens (including phenoxy) is 2. The minimum Gasteiger partial charge on any atom is -0.481 e. The molecule has 0 saturated carbocycles. The largest absolute Gasteiger partial charge is 0.481 e. The molecule has 2 rings (SSSR count). The lowest BCUT2D eigenvalue weighted by atomic mass is 10.2. The molecule has 0 heterocycles. The average molecular weight is 362 g/mol. The molecule has 1 atom stereocenters. The maximum atomic E-state index is 12.0. The van der Waals surface area contributed by atoms with Gasteiger partial charge in [0.2, 0.25) is 0 Å². The Kier molecular flexibility index (Phi) is 6.83. The van der Waals surface area contributed by atoms with Crippen LogP contribution in [0.5, 0.6) is 5.75 Å². The Morgan fingerprint density at radius 1 is 1.16 bits per heavy atom. The van der Waals surface area contributed by atoms with Crippen LogP contribution >= 0.6 is 11.6 Å². The predicted molar refractivity (Wildman–Crippen MR) is 95.5 cm³/mol. The second kappa shape index (κ2) is 9.08. The Morgan fingerprint density at radius 3 is 2.56 bits per heavy atom. The zero-order valence-corrected chi connectivity index (χ0v) is 14.9. The summed E-state index contributed by atoms with van der Waals surface area (Å²) < 4.78 is 10.7. The van der Waals surface area contributed by atoms with Crippen LogP contribution in [-0.2, 0) is 20.9 Å². The van der Waals surface area contributed by atoms with E-state index in [9.17, 15) is 9.59 Å². The summed E-state index contributed by atoms with van der Waals surface area (Å²) in [5.41, 5.74) is 1.71. The molecule has 6 heteroatoms. The molecule has 0 fully saturated rings. The number of rotatable bonds is 7. The number of benzene rings is 2. The van der Waals surface area contributed by atoms with Gasteiger partial charge in [-0.05, 0) is 43.2 Å². The fourth-order valence-electron chi connectivity index (χ4n) is 2.08. The van der Waals surface area contributed by atoms with E-state index in [1.54, 1.807) is 25.1 Å². The van der Waals surface area contributed by atoms with Gasteiger partial charge in [-0.1, -0.05) is 41.9 Å². The van der Waals surface area contributed by atoms with Crippen LogP contribution in [0.4, 0.5) is 0 Å². The van der Waals surface area contributed by atoms with Crippen LogP contribution in [0, 0.1) is 6.92 Å². The van der Waals surface area contributed by atoms with Gasteiger partial charge in [-0.25, -0.2) is 0 Å². The Morgan fingerprint density at radius 2 is 1.88 bits per heavy atom. The number of nitrogens with one attached hydrogen (secondary N) is 1. The van der Waals surface area contributed by atoms with Gasteiger partial charge < -0.3 is 14.8 Å². The van der Waals surface area contributed by atoms with Crippen molar-refractivity contribution in [2.75, 3.05) is 6.54 Å². The van der Waals surface area contributed by atoms with Crippen LogP contribution in [0.15, 0.2) is 48.5 Å². The van der Waals surface area contributed by atoms with Crippen molar-refractivity contribution in [1.82, 2.24) is 5.32 Å². The smallest absolute Gasteiger partial charge is 0.325 e. The molecule has 0 spiro atoms. The topological polar surface area (TPSA) is 64.6 Å². The van der Waals surface area contributed by atoms with Gasteiger partial charge in [0, 0.05) is 5.02 Å². The maximum Gasteiger partial charge on any atom is 0.325 e. The standard InChI is InChI=1S/C19H20ClNO4/c1-13-10-16(20)8-9-17(13)25-14(2)19(23)21-11-18(22)24-12-15-6-4-3-5-7-15/h3-10,14H,11-12H2,1-2H3,(H,21,23). The highest BCUT2D eigenvalue weighted by Gasteiger charge is 2.17. The van der Waals surface area contributed by atoms with Gasteiger partial charge in [0.05, 0.1) is 0 Å². The monoisotopic (exact) mass is 361 g/mol. The number of esters is 1. The van der Waals surface area contributed by atoms with Gasteiger partial charge in [0.15, 0.2) is 6.10 Å². The summed E-state index contributed by atoms with van der Waals surface area (Å²) in [6, 6.07) is 14.5. The molecule has 0 aromatic heterocycles. The van der Waals surface area contributed by atoms with Crippen molar-refractivity contribution >= 4 is 23.5 Å². The van der Waals surface area contributed by atoms with Gasteiger partial charge in [-0.2, -0.15) is 0 Å². The first-order valence-electron chi connectivity index (χ1n) is 7.86. The van der Waals surface area contributed by atoms with Crippen LogP contribution < -0.4 is 10.1 Å². The molecule has 1 N–H and O–H groups in total. The average Bonchev–Trinajstić information content (AvgIpc) is 2.61. The van der Waals surface area contributed by atoms with Gasteiger partial charge in [0.25, 0.3) is 5.91 Å². The second-order valence-electron chi connectivity index (χ2n) is 5.53. The molecule has 25 heavy (non-hydrogen) atoms. The molecule has 0 bridgehead atoms. The van der Waals surface area contributed by atoms with Crippen molar-refractivity contribution in [3.8, 4) is 5.75 Å². The van der Waals surface area contributed by atoms with Crippen LogP contribution in [0.2, 0.25) is 5.02 Å². The number of carbonyl (C=O) groups excluding carboxylic acids is 2. The lowest BCUT2D eigenvalue weighted by Crippen LogP contribution is -2.39. The summed E-state index contributed by atoms with van der Waals surface area (Å²) in [6.45, 7) is 3.41. The highest BCUT2D eigenvalue weighted by molar-refractivity contribution is 6.30. The fourth-order valence-corrected chi connectivity index (χ4v) is 2.31. The van der Waals surface area contributed by atoms with Crippen molar-refractivity contribution in [3.63, 3.8) is 0 Å². The number of halogens is 1. The normalized spacial score (nSPS) is 11.5. The summed E-state index contributed by atoms with van der Waals surface area (Å²) in [4.78, 5) is 23.7. The van der Waals surface area contributed by atoms with Crippen molar-refractivity contribution in [1.29, 1.82) is 0 Å². The van der Waals surface area contributed by atoms with Gasteiger partial charge in [-0.15, -0.1) is 0 Å². The number of carbonyl (C=O) groups is 2. The van der Waals surface area contributed by atoms with Crippen LogP contribution in [0.3, 0.4) is 0 Å². The van der Waals surface area contributed by atoms with Crippen molar-refractivity contribution < 1.29 is 19.1 Å². The molecule has 1 unspecified atom stereocenters. The van der Waals surface area contributed by atoms with Crippen molar-refractivity contribution in [2.24, 2.45) is 0 Å². The molecule has 1 amide bonds. The molecular weight excluding hydrogens is 342 g/mol. The van der Waals surface area contributed by atoms with Crippen LogP contribution in [-0.4, -0.2) is 24.5 Å². The minimum atomic E-state index is -0.748. The summed E-state index contributed by atoms with van der Waals surface area (Å²) in [5.74, 6) is -0.336. The van der Waals surface area contributed by atoms with E-state index in [0.29, 0.717) is 10.8 Å². The van der Waals surface area contributed by atoms with Gasteiger partial charge in [-0.3, -0.25) is 9.59 Å². The number of hydrogen-bond acceptors (Lipinski definition) is 4. The van der Waals surface area contributed by atoms with E-state index in [0.717, 1.165) is 11.1 Å².